The van der Waals surface area contributed by atoms with E-state index >= 15 is 0 Å². The van der Waals surface area contributed by atoms with Gasteiger partial charge in [0.25, 0.3) is 0 Å². The van der Waals surface area contributed by atoms with Crippen LogP contribution in [0.3, 0.4) is 0 Å². The Morgan fingerprint density at radius 3 is 2.52 bits per heavy atom. The zero-order chi connectivity index (χ0) is 17.8. The van der Waals surface area contributed by atoms with E-state index in [0.29, 0.717) is 19.7 Å². The third-order valence-corrected chi connectivity index (χ3v) is 4.65. The highest BCUT2D eigenvalue weighted by atomic mass is 16.5. The van der Waals surface area contributed by atoms with Crippen molar-refractivity contribution >= 4 is 16.6 Å². The van der Waals surface area contributed by atoms with Crippen LogP contribution in [0.5, 0.6) is 5.75 Å². The Morgan fingerprint density at radius 1 is 1.08 bits per heavy atom. The summed E-state index contributed by atoms with van der Waals surface area (Å²) in [7, 11) is 0. The van der Waals surface area contributed by atoms with Crippen molar-refractivity contribution < 1.29 is 9.84 Å². The predicted octanol–water partition coefficient (Wildman–Crippen LogP) is 4.13. The SMILES string of the molecule is CCOc1ccc(NC[C@H](O)Cn2c(C)c(C)c3ccccc32)cc1. The van der Waals surface area contributed by atoms with Gasteiger partial charge in [-0.3, -0.25) is 0 Å². The van der Waals surface area contributed by atoms with E-state index < -0.39 is 6.10 Å². The van der Waals surface area contributed by atoms with Gasteiger partial charge in [0, 0.05) is 28.8 Å². The van der Waals surface area contributed by atoms with Crippen LogP contribution < -0.4 is 10.1 Å². The Hall–Kier alpha value is -2.46. The number of ether oxygens (including phenoxy) is 1. The molecule has 1 atom stereocenters. The minimum atomic E-state index is -0.472. The fraction of sp³-hybridized carbons (Fsp3) is 0.333. The largest absolute Gasteiger partial charge is 0.494 e. The summed E-state index contributed by atoms with van der Waals surface area (Å²) < 4.78 is 7.64. The fourth-order valence-corrected chi connectivity index (χ4v) is 3.19. The molecular weight excluding hydrogens is 312 g/mol. The number of aliphatic hydroxyl groups excluding tert-OH is 1. The van der Waals surface area contributed by atoms with Crippen molar-refractivity contribution in [2.24, 2.45) is 0 Å². The number of hydrogen-bond acceptors (Lipinski definition) is 3. The van der Waals surface area contributed by atoms with Gasteiger partial charge in [-0.05, 0) is 56.7 Å². The minimum absolute atomic E-state index is 0.472. The van der Waals surface area contributed by atoms with Crippen LogP contribution in [-0.4, -0.2) is 28.9 Å². The molecule has 2 aromatic carbocycles. The molecule has 132 valence electrons. The van der Waals surface area contributed by atoms with Gasteiger partial charge in [0.05, 0.1) is 19.3 Å². The maximum atomic E-state index is 10.5. The summed E-state index contributed by atoms with van der Waals surface area (Å²) in [5.41, 5.74) is 4.65. The van der Waals surface area contributed by atoms with Crippen molar-refractivity contribution in [3.05, 3.63) is 59.8 Å². The van der Waals surface area contributed by atoms with Gasteiger partial charge in [0.1, 0.15) is 5.75 Å². The van der Waals surface area contributed by atoms with E-state index in [1.54, 1.807) is 0 Å². The van der Waals surface area contributed by atoms with Gasteiger partial charge in [-0.1, -0.05) is 18.2 Å². The molecule has 0 fully saturated rings. The Balaban J connectivity index is 1.65. The molecule has 0 aliphatic rings. The van der Waals surface area contributed by atoms with Crippen LogP contribution in [0.1, 0.15) is 18.2 Å². The van der Waals surface area contributed by atoms with Crippen LogP contribution in [0.4, 0.5) is 5.69 Å². The molecule has 0 bridgehead atoms. The van der Waals surface area contributed by atoms with E-state index in [4.69, 9.17) is 4.74 Å². The standard InChI is InChI=1S/C21H26N2O2/c1-4-25-19-11-9-17(10-12-19)22-13-18(24)14-23-16(3)15(2)20-7-5-6-8-21(20)23/h5-12,18,22,24H,4,13-14H2,1-3H3/t18-/m0/s1. The number of nitrogens with zero attached hydrogens (tertiary/aromatic N) is 1. The van der Waals surface area contributed by atoms with E-state index in [1.165, 1.54) is 22.2 Å². The molecule has 0 aliphatic carbocycles. The van der Waals surface area contributed by atoms with Crippen molar-refractivity contribution in [1.82, 2.24) is 4.57 Å². The van der Waals surface area contributed by atoms with Gasteiger partial charge in [-0.25, -0.2) is 0 Å². The Morgan fingerprint density at radius 2 is 1.80 bits per heavy atom. The molecule has 4 heteroatoms. The summed E-state index contributed by atoms with van der Waals surface area (Å²) in [6.45, 7) is 7.95. The first-order valence-corrected chi connectivity index (χ1v) is 8.79. The molecule has 0 amide bonds. The molecule has 3 aromatic rings. The quantitative estimate of drug-likeness (QED) is 0.681. The number of aliphatic hydroxyl groups is 1. The van der Waals surface area contributed by atoms with Crippen molar-refractivity contribution in [3.8, 4) is 5.75 Å². The lowest BCUT2D eigenvalue weighted by Gasteiger charge is -2.16. The smallest absolute Gasteiger partial charge is 0.119 e. The first kappa shape index (κ1) is 17.4. The highest BCUT2D eigenvalue weighted by molar-refractivity contribution is 5.85. The lowest BCUT2D eigenvalue weighted by molar-refractivity contribution is 0.167. The monoisotopic (exact) mass is 338 g/mol. The predicted molar refractivity (Wildman–Crippen MR) is 104 cm³/mol. The van der Waals surface area contributed by atoms with Gasteiger partial charge in [-0.15, -0.1) is 0 Å². The lowest BCUT2D eigenvalue weighted by Crippen LogP contribution is -2.25. The van der Waals surface area contributed by atoms with Gasteiger partial charge >= 0.3 is 0 Å². The number of para-hydroxylation sites is 1. The van der Waals surface area contributed by atoms with E-state index in [-0.39, 0.29) is 0 Å². The van der Waals surface area contributed by atoms with Gasteiger partial charge in [-0.2, -0.15) is 0 Å². The summed E-state index contributed by atoms with van der Waals surface area (Å²) in [6.07, 6.45) is -0.472. The Bertz CT molecular complexity index is 837. The fourth-order valence-electron chi connectivity index (χ4n) is 3.19. The molecule has 0 radical (unpaired) electrons. The van der Waals surface area contributed by atoms with Crippen molar-refractivity contribution in [3.63, 3.8) is 0 Å². The van der Waals surface area contributed by atoms with Crippen LogP contribution in [0, 0.1) is 13.8 Å². The van der Waals surface area contributed by atoms with E-state index in [0.717, 1.165) is 11.4 Å². The molecule has 3 rings (SSSR count). The van der Waals surface area contributed by atoms with Crippen LogP contribution in [0.2, 0.25) is 0 Å². The number of benzene rings is 2. The number of hydrogen-bond donors (Lipinski definition) is 2. The molecule has 1 aromatic heterocycles. The van der Waals surface area contributed by atoms with E-state index in [1.807, 2.05) is 37.3 Å². The average molecular weight is 338 g/mol. The molecule has 0 aliphatic heterocycles. The number of fused-ring (bicyclic) bond motifs is 1. The van der Waals surface area contributed by atoms with Gasteiger partial charge < -0.3 is 19.7 Å². The second kappa shape index (κ2) is 7.62. The second-order valence-electron chi connectivity index (χ2n) is 6.33. The normalized spacial score (nSPS) is 12.3. The maximum Gasteiger partial charge on any atom is 0.119 e. The first-order chi connectivity index (χ1) is 12.1. The minimum Gasteiger partial charge on any atom is -0.494 e. The van der Waals surface area contributed by atoms with Crippen molar-refractivity contribution in [1.29, 1.82) is 0 Å². The molecule has 25 heavy (non-hydrogen) atoms. The molecule has 0 saturated heterocycles. The zero-order valence-corrected chi connectivity index (χ0v) is 15.1. The first-order valence-electron chi connectivity index (χ1n) is 8.79. The van der Waals surface area contributed by atoms with E-state index in [2.05, 4.69) is 41.9 Å². The summed E-state index contributed by atoms with van der Waals surface area (Å²) in [6, 6.07) is 16.2. The highest BCUT2D eigenvalue weighted by Gasteiger charge is 2.13. The number of rotatable bonds is 7. The number of anilines is 1. The molecule has 1 heterocycles. The Labute approximate surface area is 149 Å². The van der Waals surface area contributed by atoms with Gasteiger partial charge in [0.2, 0.25) is 0 Å². The molecule has 0 spiro atoms. The van der Waals surface area contributed by atoms with E-state index in [9.17, 15) is 5.11 Å². The van der Waals surface area contributed by atoms with Crippen molar-refractivity contribution in [2.45, 2.75) is 33.4 Å². The summed E-state index contributed by atoms with van der Waals surface area (Å²) in [5, 5.41) is 15.0. The molecule has 0 unspecified atom stereocenters. The maximum absolute atomic E-state index is 10.5. The molecular formula is C21H26N2O2. The summed E-state index contributed by atoms with van der Waals surface area (Å²) >= 11 is 0. The third kappa shape index (κ3) is 3.80. The lowest BCUT2D eigenvalue weighted by atomic mass is 10.2. The second-order valence-corrected chi connectivity index (χ2v) is 6.33. The average Bonchev–Trinajstić information content (AvgIpc) is 2.87. The molecule has 0 saturated carbocycles. The van der Waals surface area contributed by atoms with Crippen LogP contribution in [-0.2, 0) is 6.54 Å². The van der Waals surface area contributed by atoms with Crippen LogP contribution >= 0.6 is 0 Å². The molecule has 4 nitrogen and oxygen atoms in total. The van der Waals surface area contributed by atoms with Crippen LogP contribution in [0.25, 0.3) is 10.9 Å². The van der Waals surface area contributed by atoms with Crippen molar-refractivity contribution in [2.75, 3.05) is 18.5 Å². The Kier molecular flexibility index (Phi) is 5.29. The zero-order valence-electron chi connectivity index (χ0n) is 15.1. The number of aryl methyl sites for hydroxylation is 1. The topological polar surface area (TPSA) is 46.4 Å². The highest BCUT2D eigenvalue weighted by Crippen LogP contribution is 2.25. The summed E-state index contributed by atoms with van der Waals surface area (Å²) in [5.74, 6) is 0.860. The van der Waals surface area contributed by atoms with Crippen LogP contribution in [0.15, 0.2) is 48.5 Å². The summed E-state index contributed by atoms with van der Waals surface area (Å²) in [4.78, 5) is 0. The third-order valence-electron chi connectivity index (χ3n) is 4.65. The number of aromatic nitrogens is 1. The number of nitrogens with one attached hydrogen (secondary N) is 1. The molecule has 2 N–H and O–H groups in total. The van der Waals surface area contributed by atoms with Gasteiger partial charge in [0.15, 0.2) is 0 Å².